The van der Waals surface area contributed by atoms with Crippen LogP contribution in [-0.2, 0) is 10.9 Å². The molecule has 2 aliphatic heterocycles. The summed E-state index contributed by atoms with van der Waals surface area (Å²) in [7, 11) is 0. The quantitative estimate of drug-likeness (QED) is 0.623. The molecule has 4 rings (SSSR count). The zero-order valence-corrected chi connectivity index (χ0v) is 17.4. The van der Waals surface area contributed by atoms with Crippen molar-refractivity contribution >= 4 is 17.7 Å². The smallest absolute Gasteiger partial charge is 0.430 e. The van der Waals surface area contributed by atoms with Gasteiger partial charge in [-0.15, -0.1) is 0 Å². The molecule has 2 aliphatic rings. The summed E-state index contributed by atoms with van der Waals surface area (Å²) in [4.78, 5) is 21.3. The Kier molecular flexibility index (Phi) is 5.63. The predicted molar refractivity (Wildman–Crippen MR) is 106 cm³/mol. The van der Waals surface area contributed by atoms with Gasteiger partial charge < -0.3 is 15.0 Å². The van der Waals surface area contributed by atoms with E-state index in [-0.39, 0.29) is 29.2 Å². The molecule has 1 saturated heterocycles. The summed E-state index contributed by atoms with van der Waals surface area (Å²) in [5.41, 5.74) is -2.28. The Labute approximate surface area is 184 Å². The monoisotopic (exact) mass is 475 g/mol. The first kappa shape index (κ1) is 23.1. The van der Waals surface area contributed by atoms with Gasteiger partial charge >= 0.3 is 18.4 Å². The molecule has 2 aromatic heterocycles. The van der Waals surface area contributed by atoms with Crippen LogP contribution in [0.2, 0.25) is 0 Å². The molecule has 1 amide bonds. The van der Waals surface area contributed by atoms with Gasteiger partial charge in [0.2, 0.25) is 6.10 Å². The van der Waals surface area contributed by atoms with E-state index in [1.54, 1.807) is 4.90 Å². The van der Waals surface area contributed by atoms with Gasteiger partial charge in [0.1, 0.15) is 11.6 Å². The third-order valence-electron chi connectivity index (χ3n) is 5.74. The normalized spacial score (nSPS) is 23.6. The summed E-state index contributed by atoms with van der Waals surface area (Å²) >= 11 is 0. The highest BCUT2D eigenvalue weighted by atomic mass is 19.4. The first-order valence-corrected chi connectivity index (χ1v) is 9.99. The van der Waals surface area contributed by atoms with Gasteiger partial charge in [0, 0.05) is 36.9 Å². The van der Waals surface area contributed by atoms with E-state index in [9.17, 15) is 31.1 Å². The van der Waals surface area contributed by atoms with E-state index in [1.165, 1.54) is 0 Å². The molecule has 4 heterocycles. The number of hydrogen-bond donors (Lipinski definition) is 2. The summed E-state index contributed by atoms with van der Waals surface area (Å²) in [5, 5.41) is 5.28. The molecule has 33 heavy (non-hydrogen) atoms. The SMILES string of the molecule is C[C@@H]1NCCN(c2cc(C(F)(F)F)cc(-c3ccnc4c3C(C(F)(F)F)OC(=O)N4)n2)[C@H]1C. The van der Waals surface area contributed by atoms with Crippen LogP contribution in [0.25, 0.3) is 11.3 Å². The highest BCUT2D eigenvalue weighted by Crippen LogP contribution is 2.46. The number of halogens is 6. The number of rotatable bonds is 2. The molecule has 0 aliphatic carbocycles. The zero-order valence-electron chi connectivity index (χ0n) is 17.4. The number of carbonyl (C=O) groups excluding carboxylic acids is 1. The van der Waals surface area contributed by atoms with Gasteiger partial charge in [-0.25, -0.2) is 14.8 Å². The molecule has 2 aromatic rings. The lowest BCUT2D eigenvalue weighted by Gasteiger charge is -2.39. The summed E-state index contributed by atoms with van der Waals surface area (Å²) in [5.74, 6) is -0.466. The summed E-state index contributed by atoms with van der Waals surface area (Å²) < 4.78 is 86.6. The molecule has 0 aromatic carbocycles. The molecule has 13 heteroatoms. The van der Waals surface area contributed by atoms with E-state index < -0.39 is 41.5 Å². The number of piperazine rings is 1. The number of ether oxygens (including phenoxy) is 1. The molecular formula is C20H19F6N5O2. The van der Waals surface area contributed by atoms with Crippen LogP contribution in [-0.4, -0.2) is 47.4 Å². The second-order valence-electron chi connectivity index (χ2n) is 7.85. The summed E-state index contributed by atoms with van der Waals surface area (Å²) in [6.45, 7) is 4.55. The topological polar surface area (TPSA) is 79.4 Å². The van der Waals surface area contributed by atoms with E-state index >= 15 is 0 Å². The van der Waals surface area contributed by atoms with Crippen molar-refractivity contribution in [2.75, 3.05) is 23.3 Å². The number of nitrogens with zero attached hydrogens (tertiary/aromatic N) is 3. The molecule has 178 valence electrons. The first-order chi connectivity index (χ1) is 15.4. The minimum atomic E-state index is -5.02. The maximum absolute atomic E-state index is 13.7. The first-order valence-electron chi connectivity index (χ1n) is 9.99. The van der Waals surface area contributed by atoms with E-state index in [1.807, 2.05) is 13.8 Å². The Hall–Kier alpha value is -3.09. The van der Waals surface area contributed by atoms with Crippen LogP contribution in [0.15, 0.2) is 24.4 Å². The van der Waals surface area contributed by atoms with Crippen LogP contribution in [0, 0.1) is 0 Å². The lowest BCUT2D eigenvalue weighted by Crippen LogP contribution is -2.55. The molecule has 2 N–H and O–H groups in total. The van der Waals surface area contributed by atoms with Crippen LogP contribution < -0.4 is 15.5 Å². The zero-order chi connectivity index (χ0) is 24.1. The number of aromatic nitrogens is 2. The van der Waals surface area contributed by atoms with Crippen molar-refractivity contribution in [2.45, 2.75) is 44.4 Å². The molecule has 0 bridgehead atoms. The van der Waals surface area contributed by atoms with Gasteiger partial charge in [-0.3, -0.25) is 5.32 Å². The number of alkyl halides is 6. The molecule has 0 radical (unpaired) electrons. The Bertz CT molecular complexity index is 1070. The van der Waals surface area contributed by atoms with Gasteiger partial charge in [0.25, 0.3) is 0 Å². The van der Waals surface area contributed by atoms with Crippen molar-refractivity contribution in [1.82, 2.24) is 15.3 Å². The number of amides is 1. The van der Waals surface area contributed by atoms with E-state index in [2.05, 4.69) is 25.3 Å². The lowest BCUT2D eigenvalue weighted by atomic mass is 9.98. The van der Waals surface area contributed by atoms with E-state index in [0.29, 0.717) is 19.2 Å². The van der Waals surface area contributed by atoms with Gasteiger partial charge in [0.15, 0.2) is 0 Å². The Morgan fingerprint density at radius 3 is 2.55 bits per heavy atom. The van der Waals surface area contributed by atoms with Crippen molar-refractivity contribution < 1.29 is 35.9 Å². The molecule has 3 atom stereocenters. The molecule has 1 unspecified atom stereocenters. The maximum atomic E-state index is 13.7. The van der Waals surface area contributed by atoms with Crippen molar-refractivity contribution in [2.24, 2.45) is 0 Å². The predicted octanol–water partition coefficient (Wildman–Crippen LogP) is 4.51. The van der Waals surface area contributed by atoms with E-state index in [0.717, 1.165) is 18.3 Å². The van der Waals surface area contributed by atoms with Crippen LogP contribution in [0.4, 0.5) is 42.8 Å². The Morgan fingerprint density at radius 1 is 1.15 bits per heavy atom. The van der Waals surface area contributed by atoms with Crippen molar-refractivity contribution in [3.05, 3.63) is 35.5 Å². The number of anilines is 2. The molecular weight excluding hydrogens is 456 g/mol. The molecule has 1 fully saturated rings. The fraction of sp³-hybridized carbons (Fsp3) is 0.450. The third kappa shape index (κ3) is 4.41. The largest absolute Gasteiger partial charge is 0.431 e. The van der Waals surface area contributed by atoms with E-state index in [4.69, 9.17) is 0 Å². The van der Waals surface area contributed by atoms with Crippen LogP contribution >= 0.6 is 0 Å². The lowest BCUT2D eigenvalue weighted by molar-refractivity contribution is -0.206. The number of hydrogen-bond acceptors (Lipinski definition) is 6. The number of cyclic esters (lactones) is 1. The average molecular weight is 475 g/mol. The highest BCUT2D eigenvalue weighted by molar-refractivity contribution is 5.89. The van der Waals surface area contributed by atoms with Crippen LogP contribution in [0.1, 0.15) is 31.1 Å². The number of pyridine rings is 2. The van der Waals surface area contributed by atoms with Crippen molar-refractivity contribution in [3.63, 3.8) is 0 Å². The molecule has 7 nitrogen and oxygen atoms in total. The van der Waals surface area contributed by atoms with Crippen molar-refractivity contribution in [3.8, 4) is 11.3 Å². The van der Waals surface area contributed by atoms with Gasteiger partial charge in [0.05, 0.1) is 16.8 Å². The number of nitrogens with one attached hydrogen (secondary N) is 2. The maximum Gasteiger partial charge on any atom is 0.430 e. The third-order valence-corrected chi connectivity index (χ3v) is 5.74. The fourth-order valence-electron chi connectivity index (χ4n) is 3.93. The van der Waals surface area contributed by atoms with Crippen LogP contribution in [0.3, 0.4) is 0 Å². The number of carbonyl (C=O) groups is 1. The Balaban J connectivity index is 1.92. The second kappa shape index (κ2) is 8.04. The van der Waals surface area contributed by atoms with Gasteiger partial charge in [-0.1, -0.05) is 0 Å². The Morgan fingerprint density at radius 2 is 1.88 bits per heavy atom. The molecule has 0 saturated carbocycles. The summed E-state index contributed by atoms with van der Waals surface area (Å²) in [6.07, 6.45) is -12.8. The standard InChI is InChI=1S/C20H19F6N5O2/c1-9-10(2)31(6-5-27-9)14-8-11(19(21,22)23)7-13(29-14)12-3-4-28-17-15(12)16(20(24,25)26)33-18(32)30-17/h3-4,7-10,16,27H,5-6H2,1-2H3,(H,28,30,32)/t9-,10-,16?/m0/s1. The second-order valence-corrected chi connectivity index (χ2v) is 7.85. The van der Waals surface area contributed by atoms with Gasteiger partial charge in [-0.2, -0.15) is 26.3 Å². The highest BCUT2D eigenvalue weighted by Gasteiger charge is 2.49. The average Bonchev–Trinajstić information content (AvgIpc) is 2.73. The minimum Gasteiger partial charge on any atom is -0.431 e. The van der Waals surface area contributed by atoms with Crippen LogP contribution in [0.5, 0.6) is 0 Å². The number of fused-ring (bicyclic) bond motifs is 1. The minimum absolute atomic E-state index is 0.0180. The summed E-state index contributed by atoms with van der Waals surface area (Å²) in [6, 6.07) is 2.41. The molecule has 0 spiro atoms. The fourth-order valence-corrected chi connectivity index (χ4v) is 3.93. The van der Waals surface area contributed by atoms with Gasteiger partial charge in [-0.05, 0) is 32.0 Å². The van der Waals surface area contributed by atoms with Crippen molar-refractivity contribution in [1.29, 1.82) is 0 Å².